The third-order valence-electron chi connectivity index (χ3n) is 4.77. The number of fused-ring (bicyclic) bond motifs is 1. The van der Waals surface area contributed by atoms with E-state index in [-0.39, 0.29) is 12.1 Å². The molecule has 3 N–H and O–H groups in total. The van der Waals surface area contributed by atoms with Crippen molar-refractivity contribution in [2.24, 2.45) is 0 Å². The van der Waals surface area contributed by atoms with Gasteiger partial charge in [-0.25, -0.2) is 9.31 Å². The minimum atomic E-state index is -1.02. The van der Waals surface area contributed by atoms with E-state index in [1.54, 1.807) is 42.8 Å². The van der Waals surface area contributed by atoms with Gasteiger partial charge in [0.05, 0.1) is 16.3 Å². The predicted octanol–water partition coefficient (Wildman–Crippen LogP) is 3.99. The van der Waals surface area contributed by atoms with Crippen LogP contribution in [-0.4, -0.2) is 31.8 Å². The van der Waals surface area contributed by atoms with E-state index in [2.05, 4.69) is 20.7 Å². The zero-order chi connectivity index (χ0) is 20.8. The molecule has 2 amide bonds. The van der Waals surface area contributed by atoms with Gasteiger partial charge in [-0.2, -0.15) is 10.1 Å². The molecule has 9 heteroatoms. The Hall–Kier alpha value is -2.84. The normalized spacial score (nSPS) is 14.1. The molecule has 0 spiro atoms. The summed E-state index contributed by atoms with van der Waals surface area (Å²) in [5, 5.41) is 20.5. The van der Waals surface area contributed by atoms with Crippen molar-refractivity contribution in [1.29, 1.82) is 0 Å². The summed E-state index contributed by atoms with van der Waals surface area (Å²) in [5.74, 6) is 0.811. The maximum absolute atomic E-state index is 11.9. The van der Waals surface area contributed by atoms with Gasteiger partial charge in [-0.15, -0.1) is 0 Å². The number of urea groups is 1. The molecule has 1 aliphatic rings. The highest BCUT2D eigenvalue weighted by molar-refractivity contribution is 6.33. The number of ether oxygens (including phenoxy) is 1. The summed E-state index contributed by atoms with van der Waals surface area (Å²) >= 11 is 6.31. The molecular formula is C20H22ClN5O3. The number of carbonyl (C=O) groups excluding carboxylic acids is 1. The second-order valence-electron chi connectivity index (χ2n) is 7.70. The van der Waals surface area contributed by atoms with Crippen LogP contribution in [0.15, 0.2) is 30.7 Å². The highest BCUT2D eigenvalue weighted by Crippen LogP contribution is 2.34. The number of nitrogens with zero attached hydrogens (tertiary/aromatic N) is 3. The summed E-state index contributed by atoms with van der Waals surface area (Å²) < 4.78 is 7.58. The summed E-state index contributed by atoms with van der Waals surface area (Å²) in [6.45, 7) is 5.32. The Morgan fingerprint density at radius 1 is 1.38 bits per heavy atom. The van der Waals surface area contributed by atoms with Gasteiger partial charge in [0.25, 0.3) is 0 Å². The maximum atomic E-state index is 11.9. The molecule has 1 saturated carbocycles. The van der Waals surface area contributed by atoms with E-state index in [9.17, 15) is 9.90 Å². The van der Waals surface area contributed by atoms with Crippen LogP contribution in [0, 0.1) is 6.92 Å². The Labute approximate surface area is 172 Å². The number of aryl methyl sites for hydroxylation is 1. The Bertz CT molecular complexity index is 1090. The molecule has 152 valence electrons. The molecule has 3 aromatic rings. The van der Waals surface area contributed by atoms with E-state index in [1.807, 2.05) is 6.92 Å². The molecule has 8 nitrogen and oxygen atoms in total. The van der Waals surface area contributed by atoms with Crippen LogP contribution in [0.4, 0.5) is 10.5 Å². The van der Waals surface area contributed by atoms with Crippen molar-refractivity contribution >= 4 is 28.8 Å². The first-order valence-corrected chi connectivity index (χ1v) is 9.71. The smallest absolute Gasteiger partial charge is 0.319 e. The number of halogens is 1. The van der Waals surface area contributed by atoms with Gasteiger partial charge in [0.1, 0.15) is 17.6 Å². The zero-order valence-corrected chi connectivity index (χ0v) is 17.1. The summed E-state index contributed by atoms with van der Waals surface area (Å²) in [6.07, 6.45) is 5.17. The van der Waals surface area contributed by atoms with Crippen LogP contribution in [0.2, 0.25) is 5.02 Å². The molecule has 0 atom stereocenters. The van der Waals surface area contributed by atoms with Crippen molar-refractivity contribution in [1.82, 2.24) is 19.9 Å². The van der Waals surface area contributed by atoms with E-state index in [1.165, 1.54) is 6.33 Å². The SMILES string of the molecule is Cc1c(C(C)(C)O)cn2ncnc(Oc3ccc(NC(=O)NC4CC4)c(Cl)c3)c12. The van der Waals surface area contributed by atoms with Crippen molar-refractivity contribution in [2.45, 2.75) is 45.3 Å². The van der Waals surface area contributed by atoms with Crippen molar-refractivity contribution in [3.8, 4) is 11.6 Å². The van der Waals surface area contributed by atoms with E-state index < -0.39 is 5.60 Å². The number of carbonyl (C=O) groups is 1. The zero-order valence-electron chi connectivity index (χ0n) is 16.4. The fourth-order valence-electron chi connectivity index (χ4n) is 3.16. The molecule has 0 unspecified atom stereocenters. The van der Waals surface area contributed by atoms with Gasteiger partial charge in [0.2, 0.25) is 5.88 Å². The van der Waals surface area contributed by atoms with Crippen LogP contribution < -0.4 is 15.4 Å². The fourth-order valence-corrected chi connectivity index (χ4v) is 3.38. The molecule has 4 rings (SSSR count). The average Bonchev–Trinajstić information content (AvgIpc) is 3.37. The number of hydrogen-bond donors (Lipinski definition) is 3. The van der Waals surface area contributed by atoms with E-state index in [4.69, 9.17) is 16.3 Å². The first-order chi connectivity index (χ1) is 13.7. The second-order valence-corrected chi connectivity index (χ2v) is 8.11. The molecule has 2 heterocycles. The molecular weight excluding hydrogens is 394 g/mol. The minimum Gasteiger partial charge on any atom is -0.437 e. The van der Waals surface area contributed by atoms with E-state index >= 15 is 0 Å². The number of hydrogen-bond acceptors (Lipinski definition) is 5. The van der Waals surface area contributed by atoms with Crippen LogP contribution in [0.1, 0.15) is 37.8 Å². The molecule has 0 bridgehead atoms. The highest BCUT2D eigenvalue weighted by Gasteiger charge is 2.25. The summed E-state index contributed by atoms with van der Waals surface area (Å²) in [6, 6.07) is 4.98. The fraction of sp³-hybridized carbons (Fsp3) is 0.350. The Morgan fingerprint density at radius 3 is 2.79 bits per heavy atom. The van der Waals surface area contributed by atoms with Crippen molar-refractivity contribution in [2.75, 3.05) is 5.32 Å². The number of nitrogens with one attached hydrogen (secondary N) is 2. The maximum Gasteiger partial charge on any atom is 0.319 e. The first-order valence-electron chi connectivity index (χ1n) is 9.33. The lowest BCUT2D eigenvalue weighted by Crippen LogP contribution is -2.30. The summed E-state index contributed by atoms with van der Waals surface area (Å²) in [5.41, 5.74) is 1.70. The lowest BCUT2D eigenvalue weighted by Gasteiger charge is -2.16. The summed E-state index contributed by atoms with van der Waals surface area (Å²) in [7, 11) is 0. The van der Waals surface area contributed by atoms with Crippen LogP contribution in [0.5, 0.6) is 11.6 Å². The monoisotopic (exact) mass is 415 g/mol. The molecule has 1 aromatic carbocycles. The number of anilines is 1. The lowest BCUT2D eigenvalue weighted by atomic mass is 9.98. The van der Waals surface area contributed by atoms with E-state index in [0.29, 0.717) is 27.9 Å². The Balaban J connectivity index is 1.59. The van der Waals surface area contributed by atoms with Crippen molar-refractivity contribution in [3.05, 3.63) is 46.9 Å². The number of rotatable bonds is 5. The molecule has 0 aliphatic heterocycles. The largest absolute Gasteiger partial charge is 0.437 e. The minimum absolute atomic E-state index is 0.260. The summed E-state index contributed by atoms with van der Waals surface area (Å²) in [4.78, 5) is 16.1. The third-order valence-corrected chi connectivity index (χ3v) is 5.08. The van der Waals surface area contributed by atoms with Crippen molar-refractivity contribution < 1.29 is 14.6 Å². The molecule has 1 fully saturated rings. The Kier molecular flexibility index (Phi) is 4.84. The number of benzene rings is 1. The van der Waals surface area contributed by atoms with Crippen LogP contribution in [0.25, 0.3) is 5.52 Å². The van der Waals surface area contributed by atoms with Crippen molar-refractivity contribution in [3.63, 3.8) is 0 Å². The molecule has 2 aromatic heterocycles. The molecule has 0 radical (unpaired) electrons. The van der Waals surface area contributed by atoms with E-state index in [0.717, 1.165) is 24.0 Å². The average molecular weight is 416 g/mol. The number of aliphatic hydroxyl groups is 1. The second kappa shape index (κ2) is 7.20. The topological polar surface area (TPSA) is 101 Å². The van der Waals surface area contributed by atoms with Crippen LogP contribution in [-0.2, 0) is 5.60 Å². The standard InChI is InChI=1S/C20H22ClN5O3/c1-11-14(20(2,3)28)9-26-17(11)18(22-10-23-26)29-13-6-7-16(15(21)8-13)25-19(27)24-12-4-5-12/h6-10,12,28H,4-5H2,1-3H3,(H2,24,25,27). The van der Waals surface area contributed by atoms with Crippen LogP contribution >= 0.6 is 11.6 Å². The highest BCUT2D eigenvalue weighted by atomic mass is 35.5. The van der Waals surface area contributed by atoms with Gasteiger partial charge in [-0.3, -0.25) is 0 Å². The molecule has 0 saturated heterocycles. The van der Waals surface area contributed by atoms with Gasteiger partial charge in [0.15, 0.2) is 0 Å². The Morgan fingerprint density at radius 2 is 2.14 bits per heavy atom. The molecule has 1 aliphatic carbocycles. The van der Waals surface area contributed by atoms with Gasteiger partial charge >= 0.3 is 6.03 Å². The lowest BCUT2D eigenvalue weighted by molar-refractivity contribution is 0.0780. The number of amides is 2. The third kappa shape index (κ3) is 4.13. The van der Waals surface area contributed by atoms with Gasteiger partial charge in [-0.05, 0) is 51.3 Å². The van der Waals surface area contributed by atoms with Gasteiger partial charge in [-0.1, -0.05) is 11.6 Å². The quantitative estimate of drug-likeness (QED) is 0.584. The number of aromatic nitrogens is 3. The van der Waals surface area contributed by atoms with Gasteiger partial charge < -0.3 is 20.5 Å². The van der Waals surface area contributed by atoms with Crippen LogP contribution in [0.3, 0.4) is 0 Å². The molecule has 29 heavy (non-hydrogen) atoms. The first kappa shape index (κ1) is 19.5. The van der Waals surface area contributed by atoms with Gasteiger partial charge in [0, 0.05) is 23.9 Å². The predicted molar refractivity (Wildman–Crippen MR) is 110 cm³/mol.